The molecule has 100 valence electrons. The highest BCUT2D eigenvalue weighted by molar-refractivity contribution is 7.53. The van der Waals surface area contributed by atoms with Crippen LogP contribution in [0.3, 0.4) is 0 Å². The molecular weight excluding hydrogens is 261 g/mol. The predicted molar refractivity (Wildman–Crippen MR) is 76.4 cm³/mol. The number of para-hydroxylation sites is 1. The lowest BCUT2D eigenvalue weighted by Crippen LogP contribution is -2.01. The lowest BCUT2D eigenvalue weighted by Gasteiger charge is -2.18. The predicted octanol–water partition coefficient (Wildman–Crippen LogP) is 4.50. The maximum absolute atomic E-state index is 12.7. The Balaban J connectivity index is 2.16. The highest BCUT2D eigenvalue weighted by Crippen LogP contribution is 2.51. The van der Waals surface area contributed by atoms with Crippen LogP contribution in [0, 0.1) is 0 Å². The van der Waals surface area contributed by atoms with E-state index in [9.17, 15) is 4.57 Å². The van der Waals surface area contributed by atoms with E-state index < -0.39 is 7.60 Å². The topological polar surface area (TPSA) is 35.5 Å². The molecule has 0 aliphatic heterocycles. The number of hydrogen-bond acceptors (Lipinski definition) is 3. The Morgan fingerprint density at radius 1 is 0.947 bits per heavy atom. The molecule has 0 aliphatic rings. The molecule has 2 aromatic rings. The van der Waals surface area contributed by atoms with Crippen LogP contribution in [0.2, 0.25) is 0 Å². The monoisotopic (exact) mass is 278 g/mol. The first-order valence-corrected chi connectivity index (χ1v) is 7.97. The smallest absolute Gasteiger partial charge is 0.383 e. The molecule has 1 unspecified atom stereocenters. The molecule has 3 nitrogen and oxygen atoms in total. The van der Waals surface area contributed by atoms with E-state index in [0.29, 0.717) is 12.4 Å². The maximum Gasteiger partial charge on any atom is 0.383 e. The summed E-state index contributed by atoms with van der Waals surface area (Å²) >= 11 is 0. The molecule has 0 aliphatic carbocycles. The van der Waals surface area contributed by atoms with E-state index >= 15 is 0 Å². The molecule has 0 saturated heterocycles. The van der Waals surface area contributed by atoms with Gasteiger partial charge in [0.05, 0.1) is 12.8 Å². The zero-order chi connectivity index (χ0) is 13.6. The molecular formula is C15H17O3P. The van der Waals surface area contributed by atoms with Gasteiger partial charge in [-0.15, -0.1) is 0 Å². The molecule has 0 heterocycles. The van der Waals surface area contributed by atoms with Gasteiger partial charge >= 0.3 is 7.60 Å². The average molecular weight is 278 g/mol. The van der Waals surface area contributed by atoms with Crippen LogP contribution in [-0.4, -0.2) is 6.61 Å². The van der Waals surface area contributed by atoms with Gasteiger partial charge in [0.25, 0.3) is 0 Å². The molecule has 0 bridgehead atoms. The molecule has 19 heavy (non-hydrogen) atoms. The van der Waals surface area contributed by atoms with Crippen LogP contribution in [0.15, 0.2) is 60.7 Å². The molecule has 0 saturated carbocycles. The van der Waals surface area contributed by atoms with Crippen molar-refractivity contribution < 1.29 is 13.6 Å². The molecule has 4 heteroatoms. The molecule has 0 N–H and O–H groups in total. The summed E-state index contributed by atoms with van der Waals surface area (Å²) in [4.78, 5) is 0. The second kappa shape index (κ2) is 6.55. The van der Waals surface area contributed by atoms with Crippen LogP contribution >= 0.6 is 7.60 Å². The Hall–Kier alpha value is -1.57. The summed E-state index contributed by atoms with van der Waals surface area (Å²) in [5, 5.41) is 0. The standard InChI is InChI=1S/C15H17O3P/c1-2-17-19(16,13-14-9-5-3-6-10-14)18-15-11-7-4-8-12-15/h3-12H,2,13H2,1H3/i16+2. The summed E-state index contributed by atoms with van der Waals surface area (Å²) in [5.74, 6) is 0.565. The van der Waals surface area contributed by atoms with E-state index in [1.54, 1.807) is 12.1 Å². The van der Waals surface area contributed by atoms with Crippen LogP contribution in [0.25, 0.3) is 0 Å². The average Bonchev–Trinajstić information content (AvgIpc) is 2.41. The van der Waals surface area contributed by atoms with E-state index in [4.69, 9.17) is 9.05 Å². The Labute approximate surface area is 113 Å². The van der Waals surface area contributed by atoms with E-state index in [2.05, 4.69) is 0 Å². The highest BCUT2D eigenvalue weighted by Gasteiger charge is 2.26. The summed E-state index contributed by atoms with van der Waals surface area (Å²) in [6, 6.07) is 18.7. The molecule has 0 fully saturated rings. The normalized spacial score (nSPS) is 13.7. The number of rotatable bonds is 6. The van der Waals surface area contributed by atoms with Crippen molar-refractivity contribution >= 4 is 7.60 Å². The van der Waals surface area contributed by atoms with Crippen LogP contribution in [0.1, 0.15) is 12.5 Å². The Kier molecular flexibility index (Phi) is 4.78. The number of benzene rings is 2. The van der Waals surface area contributed by atoms with Gasteiger partial charge in [-0.25, -0.2) is 4.57 Å². The van der Waals surface area contributed by atoms with Gasteiger partial charge in [0, 0.05) is 0 Å². The lowest BCUT2D eigenvalue weighted by molar-refractivity contribution is 0.278. The third-order valence-corrected chi connectivity index (χ3v) is 4.43. The Bertz CT molecular complexity index is 494. The van der Waals surface area contributed by atoms with Gasteiger partial charge in [0.1, 0.15) is 5.75 Å². The van der Waals surface area contributed by atoms with Gasteiger partial charge in [-0.1, -0.05) is 48.5 Å². The summed E-state index contributed by atoms with van der Waals surface area (Å²) < 4.78 is 23.7. The molecule has 0 radical (unpaired) electrons. The van der Waals surface area contributed by atoms with Crippen molar-refractivity contribution in [1.29, 1.82) is 0 Å². The van der Waals surface area contributed by atoms with E-state index in [-0.39, 0.29) is 6.16 Å². The van der Waals surface area contributed by atoms with E-state index in [0.717, 1.165) is 5.56 Å². The van der Waals surface area contributed by atoms with Crippen molar-refractivity contribution in [2.75, 3.05) is 6.61 Å². The third-order valence-electron chi connectivity index (χ3n) is 2.53. The summed E-state index contributed by atoms with van der Waals surface area (Å²) in [5.41, 5.74) is 0.940. The van der Waals surface area contributed by atoms with Gasteiger partial charge in [-0.2, -0.15) is 0 Å². The van der Waals surface area contributed by atoms with Gasteiger partial charge in [-0.05, 0) is 24.6 Å². The summed E-state index contributed by atoms with van der Waals surface area (Å²) in [6.45, 7) is 2.17. The fraction of sp³-hybridized carbons (Fsp3) is 0.200. The first-order chi connectivity index (χ1) is 9.22. The van der Waals surface area contributed by atoms with Gasteiger partial charge in [0.15, 0.2) is 0 Å². The first kappa shape index (κ1) is 13.9. The van der Waals surface area contributed by atoms with Crippen LogP contribution < -0.4 is 4.52 Å². The second-order valence-corrected chi connectivity index (χ2v) is 6.06. The van der Waals surface area contributed by atoms with Crippen molar-refractivity contribution in [3.63, 3.8) is 0 Å². The summed E-state index contributed by atoms with van der Waals surface area (Å²) in [6.07, 6.45) is 0.274. The SMILES string of the molecule is CCOP(=[18O])(Cc1ccccc1)Oc1ccccc1. The van der Waals surface area contributed by atoms with Crippen molar-refractivity contribution in [1.82, 2.24) is 0 Å². The quantitative estimate of drug-likeness (QED) is 0.576. The van der Waals surface area contributed by atoms with Crippen molar-refractivity contribution in [3.8, 4) is 5.75 Å². The minimum absolute atomic E-state index is 0.274. The molecule has 0 aromatic heterocycles. The highest BCUT2D eigenvalue weighted by atomic mass is 31.2. The van der Waals surface area contributed by atoms with Gasteiger partial charge in [0.2, 0.25) is 0 Å². The minimum Gasteiger partial charge on any atom is -0.424 e. The Morgan fingerprint density at radius 2 is 1.53 bits per heavy atom. The van der Waals surface area contributed by atoms with Crippen molar-refractivity contribution in [2.45, 2.75) is 13.1 Å². The van der Waals surface area contributed by atoms with Crippen LogP contribution in [0.5, 0.6) is 5.75 Å². The fourth-order valence-electron chi connectivity index (χ4n) is 1.75. The first-order valence-electron chi connectivity index (χ1n) is 6.24. The van der Waals surface area contributed by atoms with Gasteiger partial charge < -0.3 is 4.52 Å². The van der Waals surface area contributed by atoms with Crippen LogP contribution in [-0.2, 0) is 15.3 Å². The third kappa shape index (κ3) is 4.23. The van der Waals surface area contributed by atoms with Crippen molar-refractivity contribution in [2.24, 2.45) is 0 Å². The largest absolute Gasteiger partial charge is 0.424 e. The maximum atomic E-state index is 12.7. The van der Waals surface area contributed by atoms with Crippen molar-refractivity contribution in [3.05, 3.63) is 66.2 Å². The zero-order valence-corrected chi connectivity index (χ0v) is 11.8. The molecule has 2 aromatic carbocycles. The fourth-order valence-corrected chi connectivity index (χ4v) is 3.45. The minimum atomic E-state index is -3.16. The Morgan fingerprint density at radius 3 is 2.11 bits per heavy atom. The zero-order valence-electron chi connectivity index (χ0n) is 10.9. The van der Waals surface area contributed by atoms with Crippen LogP contribution in [0.4, 0.5) is 0 Å². The second-order valence-electron chi connectivity index (χ2n) is 4.08. The lowest BCUT2D eigenvalue weighted by atomic mass is 10.2. The van der Waals surface area contributed by atoms with E-state index in [1.165, 1.54) is 0 Å². The molecule has 1 atom stereocenters. The number of hydrogen-bond donors (Lipinski definition) is 0. The molecule has 0 spiro atoms. The van der Waals surface area contributed by atoms with Gasteiger partial charge in [-0.3, -0.25) is 4.52 Å². The summed E-state index contributed by atoms with van der Waals surface area (Å²) in [7, 11) is -3.16. The molecule has 0 amide bonds. The molecule has 2 rings (SSSR count). The van der Waals surface area contributed by atoms with E-state index in [1.807, 2.05) is 55.5 Å².